The van der Waals surface area contributed by atoms with Gasteiger partial charge in [-0.1, -0.05) is 58.0 Å². The number of fused-ring (bicyclic) bond motifs is 3. The van der Waals surface area contributed by atoms with E-state index in [0.29, 0.717) is 11.8 Å². The largest absolute Gasteiger partial charge is 0 e. The van der Waals surface area contributed by atoms with Gasteiger partial charge in [0.1, 0.15) is 0 Å². The van der Waals surface area contributed by atoms with Gasteiger partial charge in [-0.15, -0.1) is 0 Å². The molecule has 0 saturated heterocycles. The maximum Gasteiger partial charge on any atom is 0 e. The second-order valence-corrected chi connectivity index (χ2v) is 23.0. The average molecular weight is 1080 g/mol. The Labute approximate surface area is 394 Å². The molecule has 1 aliphatic rings. The van der Waals surface area contributed by atoms with Gasteiger partial charge in [-0.2, -0.15) is 0 Å². The minimum atomic E-state index is -0.154. The smallest absolute Gasteiger partial charge is 0 e. The molecule has 3 aromatic heterocycles. The van der Waals surface area contributed by atoms with Crippen molar-refractivity contribution in [1.29, 1.82) is 0 Å². The van der Waals surface area contributed by atoms with Crippen LogP contribution in [0.3, 0.4) is 0 Å². The van der Waals surface area contributed by atoms with Crippen LogP contribution in [0.2, 0.25) is 0 Å². The molecule has 0 aliphatic carbocycles. The maximum absolute atomic E-state index is 11.9. The molecule has 0 spiro atoms. The summed E-state index contributed by atoms with van der Waals surface area (Å²) in [6.45, 7) is 29.2. The van der Waals surface area contributed by atoms with Crippen LogP contribution in [0.25, 0.3) is 60.1 Å². The van der Waals surface area contributed by atoms with Crippen LogP contribution in [0.15, 0.2) is 84.9 Å². The van der Waals surface area contributed by atoms with Gasteiger partial charge in [0.05, 0.1) is 0 Å². The number of hydrogen-bond donors (Lipinski definition) is 1. The second-order valence-electron chi connectivity index (χ2n) is 20.6. The number of imidazole rings is 1. The predicted molar refractivity (Wildman–Crippen MR) is 263 cm³/mol. The van der Waals surface area contributed by atoms with E-state index in [1.807, 2.05) is 13.0 Å². The number of phenolic OH excluding ortho intramolecular Hbond substituents is 1. The minimum absolute atomic E-state index is 0. The fraction of sp³-hybridized carbons (Fsp3) is 0.327. The van der Waals surface area contributed by atoms with Gasteiger partial charge in [0.2, 0.25) is 0 Å². The molecule has 0 saturated carbocycles. The first kappa shape index (κ1) is 45.0. The summed E-state index contributed by atoms with van der Waals surface area (Å²) >= 11 is 0.140. The molecule has 0 amide bonds. The standard InChI is InChI=1S/C55H58BN4OSe.Pt/c1-30(2)39-17-16-18-40(31(3)4)47(39)56-44-19-14-15-20-46(44)60-50-45(56)22-21-41(49(50)57-53(60)43-24-32(5)23-33(6)51(43)61)35-25-36(27-37(26-35)55(11,12)13)48-52-42(34(7)58-59-48)28-38(62-52)29-54(8,9)10;/h14-24,26-28,30-31,61H,29H2,1-13H3;/q-1;. The number of aromatic hydroxyl groups is 1. The molecule has 0 radical (unpaired) electrons. The summed E-state index contributed by atoms with van der Waals surface area (Å²) in [7, 11) is 0. The van der Waals surface area contributed by atoms with Gasteiger partial charge in [0.25, 0.3) is 0 Å². The molecule has 1 aliphatic heterocycles. The molecule has 324 valence electrons. The van der Waals surface area contributed by atoms with Crippen molar-refractivity contribution in [3.63, 3.8) is 0 Å². The average Bonchev–Trinajstić information content (AvgIpc) is 3.81. The molecular weight excluding hydrogens is 1020 g/mol. The maximum atomic E-state index is 11.9. The normalized spacial score (nSPS) is 12.8. The number of rotatable bonds is 7. The van der Waals surface area contributed by atoms with Crippen LogP contribution >= 0.6 is 0 Å². The fourth-order valence-corrected chi connectivity index (χ4v) is 12.9. The van der Waals surface area contributed by atoms with E-state index in [9.17, 15) is 5.11 Å². The Balaban J connectivity index is 0.00000544. The van der Waals surface area contributed by atoms with Gasteiger partial charge < -0.3 is 0 Å². The van der Waals surface area contributed by atoms with Crippen molar-refractivity contribution in [2.24, 2.45) is 5.41 Å². The molecule has 0 fully saturated rings. The first-order valence-electron chi connectivity index (χ1n) is 22.2. The topological polar surface area (TPSA) is 63.8 Å². The molecule has 0 bridgehead atoms. The Morgan fingerprint density at radius 1 is 0.762 bits per heavy atom. The molecule has 0 unspecified atom stereocenters. The third-order valence-corrected chi connectivity index (χ3v) is 15.1. The van der Waals surface area contributed by atoms with Crippen LogP contribution in [0.1, 0.15) is 119 Å². The summed E-state index contributed by atoms with van der Waals surface area (Å²) < 4.78 is 5.12. The SMILES string of the molecule is Cc1cc(C)c(O)c(-c2nc3c(-c4[c-]c(-c5nnc(C)c6cc(CC(C)(C)C)[se]c56)cc(C(C)(C)C)c4)ccc4c3n2-c2ccccc2B4c2c(C(C)C)cccc2C(C)C)c1.[Pt]. The molecule has 8 aromatic rings. The number of nitrogens with zero attached hydrogens (tertiary/aromatic N) is 4. The summed E-state index contributed by atoms with van der Waals surface area (Å²) in [6.07, 6.45) is 1.05. The van der Waals surface area contributed by atoms with Crippen molar-refractivity contribution in [1.82, 2.24) is 19.7 Å². The van der Waals surface area contributed by atoms with Crippen molar-refractivity contribution in [3.05, 3.63) is 129 Å². The number of aromatic nitrogens is 4. The zero-order chi connectivity index (χ0) is 44.2. The van der Waals surface area contributed by atoms with Gasteiger partial charge in [-0.05, 0) is 25.7 Å². The van der Waals surface area contributed by atoms with Crippen LogP contribution < -0.4 is 16.4 Å². The Kier molecular flexibility index (Phi) is 11.8. The summed E-state index contributed by atoms with van der Waals surface area (Å²) in [6, 6.07) is 35.4. The van der Waals surface area contributed by atoms with Crippen molar-refractivity contribution < 1.29 is 26.2 Å². The predicted octanol–water partition coefficient (Wildman–Crippen LogP) is 11.4. The van der Waals surface area contributed by atoms with E-state index in [1.165, 1.54) is 47.2 Å². The van der Waals surface area contributed by atoms with E-state index in [0.717, 1.165) is 73.7 Å². The number of phenols is 1. The molecule has 1 N–H and O–H groups in total. The zero-order valence-electron chi connectivity index (χ0n) is 39.0. The van der Waals surface area contributed by atoms with Gasteiger partial charge in [-0.25, -0.2) is 0 Å². The quantitative estimate of drug-likeness (QED) is 0.128. The molecule has 9 rings (SSSR count). The van der Waals surface area contributed by atoms with E-state index in [-0.39, 0.29) is 58.9 Å². The minimum Gasteiger partial charge on any atom is 0 e. The Hall–Kier alpha value is -4.54. The van der Waals surface area contributed by atoms with Crippen molar-refractivity contribution in [2.45, 2.75) is 114 Å². The van der Waals surface area contributed by atoms with Gasteiger partial charge in [-0.3, -0.25) is 0 Å². The molecule has 63 heavy (non-hydrogen) atoms. The van der Waals surface area contributed by atoms with Crippen LogP contribution in [0, 0.1) is 32.3 Å². The molecule has 5 nitrogen and oxygen atoms in total. The number of para-hydroxylation sites is 1. The Morgan fingerprint density at radius 3 is 2.11 bits per heavy atom. The second kappa shape index (κ2) is 16.5. The molecule has 8 heteroatoms. The monoisotopic (exact) mass is 1080 g/mol. The first-order chi connectivity index (χ1) is 29.3. The Morgan fingerprint density at radius 2 is 1.44 bits per heavy atom. The summed E-state index contributed by atoms with van der Waals surface area (Å²) in [5.41, 5.74) is 18.4. The van der Waals surface area contributed by atoms with Crippen molar-refractivity contribution in [3.8, 4) is 45.2 Å². The number of benzene rings is 5. The number of hydrogen-bond acceptors (Lipinski definition) is 4. The van der Waals surface area contributed by atoms with Gasteiger partial charge in [0.15, 0.2) is 0 Å². The van der Waals surface area contributed by atoms with E-state index in [2.05, 4.69) is 173 Å². The van der Waals surface area contributed by atoms with E-state index < -0.39 is 0 Å². The van der Waals surface area contributed by atoms with E-state index in [1.54, 1.807) is 0 Å². The van der Waals surface area contributed by atoms with Gasteiger partial charge in [0, 0.05) is 21.1 Å². The molecule has 4 heterocycles. The van der Waals surface area contributed by atoms with Crippen LogP contribution in [-0.4, -0.2) is 46.1 Å². The van der Waals surface area contributed by atoms with E-state index in [4.69, 9.17) is 15.2 Å². The third kappa shape index (κ3) is 7.91. The van der Waals surface area contributed by atoms with Gasteiger partial charge >= 0.3 is 293 Å². The van der Waals surface area contributed by atoms with Crippen LogP contribution in [0.5, 0.6) is 5.75 Å². The Bertz CT molecular complexity index is 3060. The third-order valence-electron chi connectivity index (χ3n) is 12.7. The number of aryl methyl sites for hydroxylation is 3. The molecule has 0 atom stereocenters. The molecular formula is C55H58BN4OPtSe-. The van der Waals surface area contributed by atoms with Crippen LogP contribution in [-0.2, 0) is 32.9 Å². The first-order valence-corrected chi connectivity index (χ1v) is 23.9. The summed E-state index contributed by atoms with van der Waals surface area (Å²) in [5, 5.41) is 22.8. The van der Waals surface area contributed by atoms with E-state index >= 15 is 0 Å². The molecule has 5 aromatic carbocycles. The summed E-state index contributed by atoms with van der Waals surface area (Å²) in [5.74, 6) is 1.66. The zero-order valence-corrected chi connectivity index (χ0v) is 43.0. The fourth-order valence-electron chi connectivity index (χ4n) is 9.73. The van der Waals surface area contributed by atoms with Crippen molar-refractivity contribution in [2.75, 3.05) is 0 Å². The van der Waals surface area contributed by atoms with Crippen molar-refractivity contribution >= 4 is 58.3 Å². The summed E-state index contributed by atoms with van der Waals surface area (Å²) in [4.78, 5) is 5.67. The van der Waals surface area contributed by atoms with Crippen LogP contribution in [0.4, 0.5) is 0 Å².